The van der Waals surface area contributed by atoms with Gasteiger partial charge >= 0.3 is 6.18 Å². The van der Waals surface area contributed by atoms with Crippen molar-refractivity contribution in [2.24, 2.45) is 5.73 Å². The highest BCUT2D eigenvalue weighted by Crippen LogP contribution is 2.34. The lowest BCUT2D eigenvalue weighted by Crippen LogP contribution is -2.18. The molecule has 1 aromatic rings. The molecule has 0 saturated heterocycles. The number of hydrogen-bond donors (Lipinski definition) is 1. The molecule has 0 fully saturated rings. The maximum absolute atomic E-state index is 12.4. The Kier molecular flexibility index (Phi) is 2.84. The monoisotopic (exact) mass is 234 g/mol. The van der Waals surface area contributed by atoms with Gasteiger partial charge in [-0.1, -0.05) is 0 Å². The van der Waals surface area contributed by atoms with Gasteiger partial charge in [-0.05, 0) is 6.07 Å². The third-order valence-corrected chi connectivity index (χ3v) is 1.78. The van der Waals surface area contributed by atoms with Crippen LogP contribution in [0.5, 0.6) is 0 Å². The summed E-state index contributed by atoms with van der Waals surface area (Å²) in [4.78, 5) is 20.0. The predicted octanol–water partition coefficient (Wildman–Crippen LogP) is 1.71. The molecule has 86 valence electrons. The number of rotatable bonds is 2. The van der Waals surface area contributed by atoms with Crippen molar-refractivity contribution in [3.05, 3.63) is 39.4 Å². The van der Waals surface area contributed by atoms with E-state index in [-0.39, 0.29) is 6.07 Å². The van der Waals surface area contributed by atoms with Crippen molar-refractivity contribution in [2.75, 3.05) is 0 Å². The van der Waals surface area contributed by atoms with E-state index in [2.05, 4.69) is 0 Å². The molecule has 16 heavy (non-hydrogen) atoms. The maximum atomic E-state index is 12.4. The number of halogens is 3. The Morgan fingerprint density at radius 1 is 1.38 bits per heavy atom. The highest BCUT2D eigenvalue weighted by atomic mass is 19.4. The minimum Gasteiger partial charge on any atom is -0.366 e. The topological polar surface area (TPSA) is 86.2 Å². The summed E-state index contributed by atoms with van der Waals surface area (Å²) in [6, 6.07) is 1.75. The summed E-state index contributed by atoms with van der Waals surface area (Å²) in [6.07, 6.45) is -4.86. The Bertz CT molecular complexity index is 456. The molecule has 1 amide bonds. The van der Waals surface area contributed by atoms with E-state index in [1.54, 1.807) is 0 Å². The summed E-state index contributed by atoms with van der Waals surface area (Å²) in [6.45, 7) is 0. The number of carbonyl (C=O) groups is 1. The summed E-state index contributed by atoms with van der Waals surface area (Å²) in [5.41, 5.74) is 1.77. The first-order valence-corrected chi connectivity index (χ1v) is 3.89. The highest BCUT2D eigenvalue weighted by Gasteiger charge is 2.36. The van der Waals surface area contributed by atoms with Crippen molar-refractivity contribution in [3.63, 3.8) is 0 Å². The minimum atomic E-state index is -4.86. The van der Waals surface area contributed by atoms with Crippen LogP contribution in [0.15, 0.2) is 18.2 Å². The van der Waals surface area contributed by atoms with E-state index in [4.69, 9.17) is 5.73 Å². The number of hydrogen-bond acceptors (Lipinski definition) is 3. The number of nitro groups is 1. The number of carbonyl (C=O) groups excluding carboxylic acids is 1. The molecule has 1 rings (SSSR count). The quantitative estimate of drug-likeness (QED) is 0.624. The molecule has 0 aliphatic carbocycles. The lowest BCUT2D eigenvalue weighted by atomic mass is 10.1. The zero-order chi connectivity index (χ0) is 12.5. The van der Waals surface area contributed by atoms with Gasteiger partial charge in [-0.2, -0.15) is 13.2 Å². The van der Waals surface area contributed by atoms with Gasteiger partial charge in [0, 0.05) is 12.1 Å². The number of nitro benzene ring substituents is 1. The fraction of sp³-hybridized carbons (Fsp3) is 0.125. The molecule has 0 radical (unpaired) electrons. The van der Waals surface area contributed by atoms with Crippen LogP contribution in [0.4, 0.5) is 18.9 Å². The molecular weight excluding hydrogens is 229 g/mol. The van der Waals surface area contributed by atoms with Gasteiger partial charge in [0.05, 0.1) is 16.1 Å². The van der Waals surface area contributed by atoms with Gasteiger partial charge in [0.2, 0.25) is 5.91 Å². The molecule has 0 atom stereocenters. The number of nitrogens with two attached hydrogens (primary N) is 1. The van der Waals surface area contributed by atoms with E-state index in [9.17, 15) is 28.1 Å². The van der Waals surface area contributed by atoms with Gasteiger partial charge in [0.25, 0.3) is 5.69 Å². The normalized spacial score (nSPS) is 11.2. The Hall–Kier alpha value is -2.12. The third kappa shape index (κ3) is 2.27. The second kappa shape index (κ2) is 3.80. The van der Waals surface area contributed by atoms with Crippen molar-refractivity contribution >= 4 is 11.6 Å². The lowest BCUT2D eigenvalue weighted by Gasteiger charge is -2.09. The molecule has 0 unspecified atom stereocenters. The molecule has 2 N–H and O–H groups in total. The second-order valence-corrected chi connectivity index (χ2v) is 2.85. The summed E-state index contributed by atoms with van der Waals surface area (Å²) in [5, 5.41) is 10.3. The Balaban J connectivity index is 3.45. The lowest BCUT2D eigenvalue weighted by molar-refractivity contribution is -0.385. The number of nitrogens with zero attached hydrogens (tertiary/aromatic N) is 1. The molecule has 5 nitrogen and oxygen atoms in total. The van der Waals surface area contributed by atoms with Gasteiger partial charge < -0.3 is 5.73 Å². The summed E-state index contributed by atoms with van der Waals surface area (Å²) < 4.78 is 37.3. The van der Waals surface area contributed by atoms with Crippen molar-refractivity contribution in [1.82, 2.24) is 0 Å². The van der Waals surface area contributed by atoms with Crippen LogP contribution in [0, 0.1) is 10.1 Å². The SMILES string of the molecule is NC(=O)c1ccc([N+](=O)[O-])cc1C(F)(F)F. The summed E-state index contributed by atoms with van der Waals surface area (Å²) >= 11 is 0. The number of primary amides is 1. The van der Waals surface area contributed by atoms with E-state index in [1.165, 1.54) is 0 Å². The smallest absolute Gasteiger partial charge is 0.366 e. The van der Waals surface area contributed by atoms with E-state index < -0.39 is 33.8 Å². The zero-order valence-electron chi connectivity index (χ0n) is 7.62. The van der Waals surface area contributed by atoms with Gasteiger partial charge in [-0.25, -0.2) is 0 Å². The fourth-order valence-electron chi connectivity index (χ4n) is 1.10. The first-order valence-electron chi connectivity index (χ1n) is 3.89. The van der Waals surface area contributed by atoms with E-state index in [0.717, 1.165) is 6.07 Å². The largest absolute Gasteiger partial charge is 0.417 e. The Labute approximate surface area is 86.8 Å². The van der Waals surface area contributed by atoms with Crippen LogP contribution in [-0.2, 0) is 6.18 Å². The predicted molar refractivity (Wildman–Crippen MR) is 46.6 cm³/mol. The van der Waals surface area contributed by atoms with Crippen LogP contribution >= 0.6 is 0 Å². The van der Waals surface area contributed by atoms with E-state index in [1.807, 2.05) is 0 Å². The Morgan fingerprint density at radius 3 is 2.31 bits per heavy atom. The van der Waals surface area contributed by atoms with Crippen molar-refractivity contribution in [2.45, 2.75) is 6.18 Å². The number of amides is 1. The molecule has 0 bridgehead atoms. The Morgan fingerprint density at radius 2 is 1.94 bits per heavy atom. The van der Waals surface area contributed by atoms with Crippen molar-refractivity contribution in [3.8, 4) is 0 Å². The zero-order valence-corrected chi connectivity index (χ0v) is 7.62. The van der Waals surface area contributed by atoms with Crippen LogP contribution in [0.1, 0.15) is 15.9 Å². The fourth-order valence-corrected chi connectivity index (χ4v) is 1.10. The molecule has 0 aromatic heterocycles. The van der Waals surface area contributed by atoms with Crippen LogP contribution in [-0.4, -0.2) is 10.8 Å². The molecule has 0 aliphatic heterocycles. The molecule has 0 spiro atoms. The van der Waals surface area contributed by atoms with Gasteiger partial charge in [-0.15, -0.1) is 0 Å². The molecule has 8 heteroatoms. The van der Waals surface area contributed by atoms with Crippen molar-refractivity contribution < 1.29 is 22.9 Å². The van der Waals surface area contributed by atoms with E-state index >= 15 is 0 Å². The van der Waals surface area contributed by atoms with Crippen LogP contribution in [0.25, 0.3) is 0 Å². The summed E-state index contributed by atoms with van der Waals surface area (Å²) in [7, 11) is 0. The summed E-state index contributed by atoms with van der Waals surface area (Å²) in [5.74, 6) is -1.29. The minimum absolute atomic E-state index is 0.278. The van der Waals surface area contributed by atoms with Gasteiger partial charge in [0.1, 0.15) is 0 Å². The van der Waals surface area contributed by atoms with Crippen LogP contribution < -0.4 is 5.73 Å². The number of benzene rings is 1. The molecule has 0 aliphatic rings. The van der Waals surface area contributed by atoms with Crippen molar-refractivity contribution in [1.29, 1.82) is 0 Å². The molecule has 1 aromatic carbocycles. The maximum Gasteiger partial charge on any atom is 0.417 e. The van der Waals surface area contributed by atoms with E-state index in [0.29, 0.717) is 6.07 Å². The number of non-ortho nitro benzene ring substituents is 1. The molecule has 0 heterocycles. The first kappa shape index (κ1) is 12.0. The second-order valence-electron chi connectivity index (χ2n) is 2.85. The average Bonchev–Trinajstić information content (AvgIpc) is 2.15. The highest BCUT2D eigenvalue weighted by molar-refractivity contribution is 5.94. The standard InChI is InChI=1S/C8H5F3N2O3/c9-8(10,11)6-3-4(13(15)16)1-2-5(6)7(12)14/h1-3H,(H2,12,14). The first-order chi connectivity index (χ1) is 7.23. The third-order valence-electron chi connectivity index (χ3n) is 1.78. The number of alkyl halides is 3. The van der Waals surface area contributed by atoms with Gasteiger partial charge in [0.15, 0.2) is 0 Å². The van der Waals surface area contributed by atoms with Crippen LogP contribution in [0.2, 0.25) is 0 Å². The van der Waals surface area contributed by atoms with Gasteiger partial charge in [-0.3, -0.25) is 14.9 Å². The van der Waals surface area contributed by atoms with Crippen LogP contribution in [0.3, 0.4) is 0 Å². The average molecular weight is 234 g/mol. The molecule has 0 saturated carbocycles. The molecular formula is C8H5F3N2O3.